The average molecular weight is 287 g/mol. The SMILES string of the molecule is CCCNc1ncnc(-c2cnn(CCC)c2)c1C(C)C. The van der Waals surface area contributed by atoms with Crippen LogP contribution in [0.3, 0.4) is 0 Å². The molecule has 0 aliphatic heterocycles. The van der Waals surface area contributed by atoms with Crippen molar-refractivity contribution in [2.24, 2.45) is 0 Å². The zero-order chi connectivity index (χ0) is 15.2. The molecule has 2 aromatic heterocycles. The third-order valence-corrected chi connectivity index (χ3v) is 3.36. The van der Waals surface area contributed by atoms with E-state index in [1.54, 1.807) is 6.33 Å². The van der Waals surface area contributed by atoms with Gasteiger partial charge in [-0.25, -0.2) is 9.97 Å². The highest BCUT2D eigenvalue weighted by molar-refractivity contribution is 5.68. The summed E-state index contributed by atoms with van der Waals surface area (Å²) in [6.45, 7) is 10.5. The van der Waals surface area contributed by atoms with Crippen molar-refractivity contribution in [2.45, 2.75) is 53.0 Å². The predicted octanol–water partition coefficient (Wildman–Crippen LogP) is 3.70. The molecule has 0 amide bonds. The molecule has 2 rings (SSSR count). The van der Waals surface area contributed by atoms with Crippen molar-refractivity contribution in [2.75, 3.05) is 11.9 Å². The first-order chi connectivity index (χ1) is 10.2. The Hall–Kier alpha value is -1.91. The normalized spacial score (nSPS) is 11.1. The molecule has 0 saturated heterocycles. The van der Waals surface area contributed by atoms with Crippen LogP contribution in [0.1, 0.15) is 52.0 Å². The van der Waals surface area contributed by atoms with Crippen LogP contribution in [0.2, 0.25) is 0 Å². The van der Waals surface area contributed by atoms with E-state index in [1.807, 2.05) is 10.9 Å². The third-order valence-electron chi connectivity index (χ3n) is 3.36. The lowest BCUT2D eigenvalue weighted by Crippen LogP contribution is -2.08. The average Bonchev–Trinajstić information content (AvgIpc) is 2.93. The van der Waals surface area contributed by atoms with Crippen LogP contribution in [0.15, 0.2) is 18.7 Å². The molecule has 0 fully saturated rings. The third kappa shape index (κ3) is 3.60. The van der Waals surface area contributed by atoms with Gasteiger partial charge in [-0.3, -0.25) is 4.68 Å². The van der Waals surface area contributed by atoms with E-state index < -0.39 is 0 Å². The number of aromatic nitrogens is 4. The Kier molecular flexibility index (Phi) is 5.31. The van der Waals surface area contributed by atoms with Crippen molar-refractivity contribution >= 4 is 5.82 Å². The lowest BCUT2D eigenvalue weighted by molar-refractivity contribution is 0.603. The van der Waals surface area contributed by atoms with E-state index in [4.69, 9.17) is 0 Å². The summed E-state index contributed by atoms with van der Waals surface area (Å²) in [5.41, 5.74) is 3.22. The number of aryl methyl sites for hydroxylation is 1. The molecule has 21 heavy (non-hydrogen) atoms. The van der Waals surface area contributed by atoms with Gasteiger partial charge in [-0.05, 0) is 18.8 Å². The minimum absolute atomic E-state index is 0.357. The van der Waals surface area contributed by atoms with Crippen molar-refractivity contribution in [1.82, 2.24) is 19.7 Å². The van der Waals surface area contributed by atoms with Crippen molar-refractivity contribution in [3.05, 3.63) is 24.3 Å². The van der Waals surface area contributed by atoms with Crippen molar-refractivity contribution in [3.8, 4) is 11.3 Å². The highest BCUT2D eigenvalue weighted by Crippen LogP contribution is 2.31. The standard InChI is InChI=1S/C16H25N5/c1-5-7-17-16-14(12(3)4)15(18-11-19-16)13-9-20-21(10-13)8-6-2/h9-12H,5-8H2,1-4H3,(H,17,18,19). The fraction of sp³-hybridized carbons (Fsp3) is 0.562. The molecule has 0 unspecified atom stereocenters. The Bertz CT molecular complexity index is 574. The topological polar surface area (TPSA) is 55.6 Å². The predicted molar refractivity (Wildman–Crippen MR) is 86.4 cm³/mol. The van der Waals surface area contributed by atoms with E-state index in [-0.39, 0.29) is 0 Å². The highest BCUT2D eigenvalue weighted by atomic mass is 15.3. The summed E-state index contributed by atoms with van der Waals surface area (Å²) in [4.78, 5) is 8.93. The summed E-state index contributed by atoms with van der Waals surface area (Å²) in [6, 6.07) is 0. The second-order valence-corrected chi connectivity index (χ2v) is 5.56. The summed E-state index contributed by atoms with van der Waals surface area (Å²) >= 11 is 0. The van der Waals surface area contributed by atoms with Crippen LogP contribution in [0.25, 0.3) is 11.3 Å². The quantitative estimate of drug-likeness (QED) is 0.843. The molecular weight excluding hydrogens is 262 g/mol. The van der Waals surface area contributed by atoms with Crippen molar-refractivity contribution < 1.29 is 0 Å². The molecule has 2 aromatic rings. The first kappa shape index (κ1) is 15.5. The van der Waals surface area contributed by atoms with E-state index in [0.29, 0.717) is 5.92 Å². The van der Waals surface area contributed by atoms with Gasteiger partial charge in [0.05, 0.1) is 11.9 Å². The van der Waals surface area contributed by atoms with Crippen LogP contribution in [0, 0.1) is 0 Å². The van der Waals surface area contributed by atoms with Crippen LogP contribution in [-0.2, 0) is 6.54 Å². The zero-order valence-corrected chi connectivity index (χ0v) is 13.4. The molecule has 0 aliphatic rings. The molecule has 2 heterocycles. The van der Waals surface area contributed by atoms with Gasteiger partial charge in [0.1, 0.15) is 12.1 Å². The second kappa shape index (κ2) is 7.20. The smallest absolute Gasteiger partial charge is 0.133 e. The van der Waals surface area contributed by atoms with E-state index in [0.717, 1.165) is 43.0 Å². The van der Waals surface area contributed by atoms with Gasteiger partial charge < -0.3 is 5.32 Å². The molecule has 0 bridgehead atoms. The van der Waals surface area contributed by atoms with Crippen LogP contribution < -0.4 is 5.32 Å². The van der Waals surface area contributed by atoms with E-state index in [9.17, 15) is 0 Å². The minimum atomic E-state index is 0.357. The van der Waals surface area contributed by atoms with E-state index >= 15 is 0 Å². The highest BCUT2D eigenvalue weighted by Gasteiger charge is 2.17. The Labute approximate surface area is 126 Å². The monoisotopic (exact) mass is 287 g/mol. The number of rotatable bonds is 7. The van der Waals surface area contributed by atoms with Crippen LogP contribution >= 0.6 is 0 Å². The number of nitrogens with zero attached hydrogens (tertiary/aromatic N) is 4. The number of anilines is 1. The maximum atomic E-state index is 4.51. The molecule has 114 valence electrons. The molecule has 0 aliphatic carbocycles. The lowest BCUT2D eigenvalue weighted by atomic mass is 9.99. The van der Waals surface area contributed by atoms with Gasteiger partial charge in [-0.15, -0.1) is 0 Å². The summed E-state index contributed by atoms with van der Waals surface area (Å²) in [7, 11) is 0. The molecule has 5 nitrogen and oxygen atoms in total. The van der Waals surface area contributed by atoms with Crippen LogP contribution in [0.5, 0.6) is 0 Å². The number of nitrogens with one attached hydrogen (secondary N) is 1. The zero-order valence-electron chi connectivity index (χ0n) is 13.4. The van der Waals surface area contributed by atoms with Gasteiger partial charge in [0.15, 0.2) is 0 Å². The molecule has 1 N–H and O–H groups in total. The lowest BCUT2D eigenvalue weighted by Gasteiger charge is -2.16. The number of hydrogen-bond acceptors (Lipinski definition) is 4. The summed E-state index contributed by atoms with van der Waals surface area (Å²) in [5.74, 6) is 1.30. The Morgan fingerprint density at radius 2 is 2.00 bits per heavy atom. The summed E-state index contributed by atoms with van der Waals surface area (Å²) in [6.07, 6.45) is 7.75. The largest absolute Gasteiger partial charge is 0.370 e. The van der Waals surface area contributed by atoms with E-state index in [2.05, 4.69) is 54.3 Å². The maximum Gasteiger partial charge on any atom is 0.133 e. The maximum absolute atomic E-state index is 4.51. The first-order valence-electron chi connectivity index (χ1n) is 7.78. The van der Waals surface area contributed by atoms with Crippen molar-refractivity contribution in [1.29, 1.82) is 0 Å². The minimum Gasteiger partial charge on any atom is -0.370 e. The Morgan fingerprint density at radius 1 is 1.19 bits per heavy atom. The van der Waals surface area contributed by atoms with Crippen molar-refractivity contribution in [3.63, 3.8) is 0 Å². The summed E-state index contributed by atoms with van der Waals surface area (Å²) in [5, 5.41) is 7.82. The first-order valence-corrected chi connectivity index (χ1v) is 7.78. The molecule has 0 aromatic carbocycles. The molecule has 0 radical (unpaired) electrons. The van der Waals surface area contributed by atoms with Gasteiger partial charge in [-0.1, -0.05) is 27.7 Å². The Balaban J connectivity index is 2.41. The fourth-order valence-corrected chi connectivity index (χ4v) is 2.39. The number of hydrogen-bond donors (Lipinski definition) is 1. The molecule has 0 spiro atoms. The summed E-state index contributed by atoms with van der Waals surface area (Å²) < 4.78 is 1.97. The van der Waals surface area contributed by atoms with Gasteiger partial charge in [0, 0.05) is 30.4 Å². The second-order valence-electron chi connectivity index (χ2n) is 5.56. The molecule has 0 atom stereocenters. The fourth-order valence-electron chi connectivity index (χ4n) is 2.39. The van der Waals surface area contributed by atoms with Gasteiger partial charge >= 0.3 is 0 Å². The van der Waals surface area contributed by atoms with Gasteiger partial charge in [-0.2, -0.15) is 5.10 Å². The molecular formula is C16H25N5. The van der Waals surface area contributed by atoms with E-state index in [1.165, 1.54) is 5.56 Å². The van der Waals surface area contributed by atoms with Gasteiger partial charge in [0.2, 0.25) is 0 Å². The van der Waals surface area contributed by atoms with Crippen LogP contribution in [-0.4, -0.2) is 26.3 Å². The Morgan fingerprint density at radius 3 is 2.67 bits per heavy atom. The van der Waals surface area contributed by atoms with Crippen LogP contribution in [0.4, 0.5) is 5.82 Å². The molecule has 0 saturated carbocycles. The molecule has 5 heteroatoms. The van der Waals surface area contributed by atoms with Gasteiger partial charge in [0.25, 0.3) is 0 Å².